The van der Waals surface area contributed by atoms with E-state index in [-0.39, 0.29) is 83.2 Å². The monoisotopic (exact) mass is 294 g/mol. The van der Waals surface area contributed by atoms with Gasteiger partial charge < -0.3 is 11.6 Å². The molecule has 5 heteroatoms. The molecule has 2 N–H and O–H groups in total. The number of hydrogen-bond acceptors (Lipinski definition) is 2. The molecule has 4 nitrogen and oxygen atoms in total. The van der Waals surface area contributed by atoms with Gasteiger partial charge in [-0.15, -0.1) is 0 Å². The minimum Gasteiger partial charge on any atom is -1.00 e. The summed E-state index contributed by atoms with van der Waals surface area (Å²) >= 11 is 0. The van der Waals surface area contributed by atoms with Gasteiger partial charge in [-0.2, -0.15) is 0 Å². The van der Waals surface area contributed by atoms with Gasteiger partial charge in [-0.05, 0) is 5.41 Å². The Balaban J connectivity index is -0.000000500. The molecule has 0 rings (SSSR count). The van der Waals surface area contributed by atoms with Crippen molar-refractivity contribution in [3.63, 3.8) is 0 Å². The van der Waals surface area contributed by atoms with Crippen LogP contribution in [0.3, 0.4) is 0 Å². The standard InChI is InChI=1S/C7H12O4.Cs.H/c1-7(2,3-5(8)9)4-6(10)11;;/h3-4H2,1-2H3,(H,8,9)(H,10,11);;/q;+1;-1. The molecule has 0 aromatic heterocycles. The van der Waals surface area contributed by atoms with Gasteiger partial charge in [0.05, 0.1) is 12.8 Å². The fourth-order valence-corrected chi connectivity index (χ4v) is 0.881. The summed E-state index contributed by atoms with van der Waals surface area (Å²) in [5.74, 6) is -1.92. The van der Waals surface area contributed by atoms with Crippen molar-refractivity contribution in [2.24, 2.45) is 5.41 Å². The second-order valence-electron chi connectivity index (χ2n) is 3.31. The first-order valence-corrected chi connectivity index (χ1v) is 3.27. The minimum absolute atomic E-state index is 0. The molecule has 0 aromatic rings. The Hall–Kier alpha value is 0.992. The number of rotatable bonds is 4. The van der Waals surface area contributed by atoms with E-state index in [0.717, 1.165) is 0 Å². The summed E-state index contributed by atoms with van der Waals surface area (Å²) in [4.78, 5) is 20.4. The summed E-state index contributed by atoms with van der Waals surface area (Å²) in [5.41, 5.74) is -0.655. The second kappa shape index (κ2) is 6.45. The van der Waals surface area contributed by atoms with Gasteiger partial charge in [0.1, 0.15) is 0 Å². The van der Waals surface area contributed by atoms with Crippen LogP contribution in [0.1, 0.15) is 28.1 Å². The molecule has 0 amide bonds. The third-order valence-corrected chi connectivity index (χ3v) is 1.26. The summed E-state index contributed by atoms with van der Waals surface area (Å²) in [6, 6.07) is 0. The Bertz CT molecular complexity index is 163. The van der Waals surface area contributed by atoms with E-state index in [2.05, 4.69) is 0 Å². The summed E-state index contributed by atoms with van der Waals surface area (Å²) in [6.07, 6.45) is -0.224. The quantitative estimate of drug-likeness (QED) is 0.634. The van der Waals surface area contributed by atoms with Gasteiger partial charge in [0.15, 0.2) is 0 Å². The average molecular weight is 294 g/mol. The van der Waals surface area contributed by atoms with E-state index in [1.165, 1.54) is 0 Å². The molecule has 0 aromatic carbocycles. The molecule has 0 aliphatic heterocycles. The first kappa shape index (κ1) is 15.5. The van der Waals surface area contributed by atoms with Gasteiger partial charge in [0.25, 0.3) is 0 Å². The van der Waals surface area contributed by atoms with Gasteiger partial charge in [-0.3, -0.25) is 9.59 Å². The van der Waals surface area contributed by atoms with Crippen molar-refractivity contribution in [3.05, 3.63) is 0 Å². The maximum Gasteiger partial charge on any atom is 1.00 e. The van der Waals surface area contributed by atoms with Crippen LogP contribution in [0.15, 0.2) is 0 Å². The first-order chi connectivity index (χ1) is 4.83. The molecule has 0 saturated carbocycles. The number of hydrogen-bond donors (Lipinski definition) is 2. The van der Waals surface area contributed by atoms with Gasteiger partial charge in [-0.1, -0.05) is 13.8 Å². The predicted molar refractivity (Wildman–Crippen MR) is 39.4 cm³/mol. The van der Waals surface area contributed by atoms with Gasteiger partial charge in [-0.25, -0.2) is 0 Å². The van der Waals surface area contributed by atoms with Crippen LogP contribution in [0.4, 0.5) is 0 Å². The van der Waals surface area contributed by atoms with E-state index in [1.54, 1.807) is 13.8 Å². The summed E-state index contributed by atoms with van der Waals surface area (Å²) < 4.78 is 0. The van der Waals surface area contributed by atoms with E-state index in [1.807, 2.05) is 0 Å². The average Bonchev–Trinajstić information content (AvgIpc) is 1.53. The van der Waals surface area contributed by atoms with Gasteiger partial charge in [0.2, 0.25) is 0 Å². The molecular formula is C7H13CsO4. The minimum atomic E-state index is -0.962. The van der Waals surface area contributed by atoms with Crippen LogP contribution < -0.4 is 68.9 Å². The summed E-state index contributed by atoms with van der Waals surface area (Å²) in [7, 11) is 0. The fourth-order valence-electron chi connectivity index (χ4n) is 0.881. The van der Waals surface area contributed by atoms with Crippen molar-refractivity contribution >= 4 is 11.9 Å². The molecule has 0 aliphatic carbocycles. The van der Waals surface area contributed by atoms with E-state index in [9.17, 15) is 9.59 Å². The summed E-state index contributed by atoms with van der Waals surface area (Å²) in [6.45, 7) is 3.24. The topological polar surface area (TPSA) is 74.6 Å². The Morgan fingerprint density at radius 1 is 1.17 bits per heavy atom. The van der Waals surface area contributed by atoms with Crippen LogP contribution >= 0.6 is 0 Å². The Morgan fingerprint density at radius 2 is 1.42 bits per heavy atom. The molecule has 0 radical (unpaired) electrons. The maximum absolute atomic E-state index is 10.2. The zero-order chi connectivity index (χ0) is 9.07. The van der Waals surface area contributed by atoms with Gasteiger partial charge >= 0.3 is 80.8 Å². The molecule has 66 valence electrons. The van der Waals surface area contributed by atoms with Gasteiger partial charge in [0, 0.05) is 0 Å². The van der Waals surface area contributed by atoms with Crippen molar-refractivity contribution in [2.75, 3.05) is 0 Å². The normalized spacial score (nSPS) is 10.2. The van der Waals surface area contributed by atoms with E-state index >= 15 is 0 Å². The van der Waals surface area contributed by atoms with Crippen molar-refractivity contribution in [1.82, 2.24) is 0 Å². The fraction of sp³-hybridized carbons (Fsp3) is 0.714. The van der Waals surface area contributed by atoms with Crippen molar-refractivity contribution in [3.8, 4) is 0 Å². The molecule has 12 heavy (non-hydrogen) atoms. The molecule has 0 bridgehead atoms. The van der Waals surface area contributed by atoms with Crippen molar-refractivity contribution in [2.45, 2.75) is 26.7 Å². The molecule has 0 aliphatic rings. The summed E-state index contributed by atoms with van der Waals surface area (Å²) in [5, 5.41) is 16.7. The van der Waals surface area contributed by atoms with E-state index in [4.69, 9.17) is 10.2 Å². The van der Waals surface area contributed by atoms with Crippen LogP contribution in [0.25, 0.3) is 0 Å². The number of carboxylic acids is 2. The van der Waals surface area contributed by atoms with Crippen LogP contribution in [0.5, 0.6) is 0 Å². The number of carbonyl (C=O) groups is 2. The Kier molecular flexibility index (Phi) is 8.31. The third kappa shape index (κ3) is 9.08. The van der Waals surface area contributed by atoms with Crippen LogP contribution in [0.2, 0.25) is 0 Å². The van der Waals surface area contributed by atoms with Crippen molar-refractivity contribution < 1.29 is 90.1 Å². The van der Waals surface area contributed by atoms with Crippen molar-refractivity contribution in [1.29, 1.82) is 0 Å². The zero-order valence-corrected chi connectivity index (χ0v) is 13.9. The Labute approximate surface area is 132 Å². The molecule has 0 atom stereocenters. The largest absolute Gasteiger partial charge is 1.00 e. The zero-order valence-electron chi connectivity index (χ0n) is 8.63. The van der Waals surface area contributed by atoms with Crippen LogP contribution in [-0.2, 0) is 9.59 Å². The molecule has 0 spiro atoms. The number of aliphatic carboxylic acids is 2. The molecule has 0 saturated heterocycles. The number of carboxylic acid groups (broad SMARTS) is 2. The molecule has 0 fully saturated rings. The Morgan fingerprint density at radius 3 is 1.58 bits per heavy atom. The first-order valence-electron chi connectivity index (χ1n) is 3.27. The smallest absolute Gasteiger partial charge is 1.00 e. The SMILES string of the molecule is CC(C)(CC(=O)O)CC(=O)O.[Cs+].[H-]. The predicted octanol–water partition coefficient (Wildman–Crippen LogP) is -1.92. The maximum atomic E-state index is 10.2. The molecule has 0 heterocycles. The van der Waals surface area contributed by atoms with Crippen LogP contribution in [0, 0.1) is 5.41 Å². The third-order valence-electron chi connectivity index (χ3n) is 1.26. The van der Waals surface area contributed by atoms with Crippen LogP contribution in [-0.4, -0.2) is 22.2 Å². The van der Waals surface area contributed by atoms with E-state index < -0.39 is 17.4 Å². The van der Waals surface area contributed by atoms with E-state index in [0.29, 0.717) is 0 Å². The second-order valence-corrected chi connectivity index (χ2v) is 3.31. The molecular weight excluding hydrogens is 281 g/mol. The molecule has 0 unspecified atom stereocenters.